The molecular weight excluding hydrogens is 152 g/mol. The maximum atomic E-state index is 12.0. The molecule has 0 spiro atoms. The lowest BCUT2D eigenvalue weighted by Gasteiger charge is -2.26. The van der Waals surface area contributed by atoms with Crippen LogP contribution < -0.4 is 5.73 Å². The quantitative estimate of drug-likeness (QED) is 0.666. The van der Waals surface area contributed by atoms with Crippen LogP contribution >= 0.6 is 0 Å². The molecule has 1 fully saturated rings. The summed E-state index contributed by atoms with van der Waals surface area (Å²) in [6.07, 6.45) is -2.28. The van der Waals surface area contributed by atoms with Gasteiger partial charge < -0.3 is 10.5 Å². The predicted octanol–water partition coefficient (Wildman–Crippen LogP) is 1.15. The van der Waals surface area contributed by atoms with Gasteiger partial charge in [-0.15, -0.1) is 0 Å². The van der Waals surface area contributed by atoms with Crippen molar-refractivity contribution in [2.45, 2.75) is 37.8 Å². The molecule has 2 atom stereocenters. The molecule has 0 aromatic carbocycles. The molecule has 0 radical (unpaired) electrons. The highest BCUT2D eigenvalue weighted by molar-refractivity contribution is 4.94. The molecule has 0 aromatic heterocycles. The molecule has 0 bridgehead atoms. The lowest BCUT2D eigenvalue weighted by atomic mass is 9.90. The van der Waals surface area contributed by atoms with E-state index in [1.807, 2.05) is 0 Å². The van der Waals surface area contributed by atoms with E-state index in [1.54, 1.807) is 6.92 Å². The second-order valence-corrected chi connectivity index (χ2v) is 3.09. The van der Waals surface area contributed by atoms with Crippen LogP contribution in [0, 0.1) is 0 Å². The second kappa shape index (κ2) is 3.03. The Bertz CT molecular complexity index is 142. The minimum atomic E-state index is -2.33. The average Bonchev–Trinajstić information content (AvgIpc) is 2.11. The van der Waals surface area contributed by atoms with E-state index in [0.29, 0.717) is 13.0 Å². The lowest BCUT2D eigenvalue weighted by Crippen LogP contribution is -2.47. The van der Waals surface area contributed by atoms with Crippen molar-refractivity contribution in [2.24, 2.45) is 5.73 Å². The number of ether oxygens (including phenoxy) is 1. The van der Waals surface area contributed by atoms with Crippen LogP contribution in [0.5, 0.6) is 0 Å². The van der Waals surface area contributed by atoms with Gasteiger partial charge in [0.15, 0.2) is 0 Å². The smallest absolute Gasteiger partial charge is 0.240 e. The molecule has 0 aromatic rings. The van der Waals surface area contributed by atoms with E-state index >= 15 is 0 Å². The lowest BCUT2D eigenvalue weighted by molar-refractivity contribution is 0.0546. The molecule has 1 aliphatic rings. The van der Waals surface area contributed by atoms with Gasteiger partial charge in [0.1, 0.15) is 0 Å². The van der Waals surface area contributed by atoms with Crippen LogP contribution in [-0.4, -0.2) is 24.7 Å². The van der Waals surface area contributed by atoms with Gasteiger partial charge in [-0.1, -0.05) is 0 Å². The predicted molar refractivity (Wildman–Crippen MR) is 37.6 cm³/mol. The number of nitrogens with two attached hydrogens (primary N) is 1. The molecule has 0 saturated carbocycles. The largest absolute Gasteiger partial charge is 0.377 e. The first-order valence-electron chi connectivity index (χ1n) is 3.73. The standard InChI is InChI=1S/C7H13F2NO/c1-5-7(10,2-3-11-5)4-6(8)9/h5-6H,2-4,10H2,1H3. The zero-order valence-electron chi connectivity index (χ0n) is 6.52. The highest BCUT2D eigenvalue weighted by Crippen LogP contribution is 2.28. The highest BCUT2D eigenvalue weighted by atomic mass is 19.3. The van der Waals surface area contributed by atoms with Gasteiger partial charge in [0.05, 0.1) is 6.10 Å². The summed E-state index contributed by atoms with van der Waals surface area (Å²) in [6, 6.07) is 0. The van der Waals surface area contributed by atoms with E-state index in [4.69, 9.17) is 10.5 Å². The minimum Gasteiger partial charge on any atom is -0.377 e. The monoisotopic (exact) mass is 165 g/mol. The summed E-state index contributed by atoms with van der Waals surface area (Å²) in [7, 11) is 0. The summed E-state index contributed by atoms with van der Waals surface area (Å²) in [4.78, 5) is 0. The molecule has 2 unspecified atom stereocenters. The maximum Gasteiger partial charge on any atom is 0.240 e. The third kappa shape index (κ3) is 1.87. The number of rotatable bonds is 2. The minimum absolute atomic E-state index is 0.239. The van der Waals surface area contributed by atoms with Crippen molar-refractivity contribution in [3.8, 4) is 0 Å². The molecule has 66 valence electrons. The van der Waals surface area contributed by atoms with Crippen LogP contribution in [0.3, 0.4) is 0 Å². The summed E-state index contributed by atoms with van der Waals surface area (Å²) in [6.45, 7) is 2.25. The van der Waals surface area contributed by atoms with Gasteiger partial charge in [-0.2, -0.15) is 0 Å². The van der Waals surface area contributed by atoms with E-state index in [0.717, 1.165) is 0 Å². The van der Waals surface area contributed by atoms with E-state index in [-0.39, 0.29) is 12.5 Å². The van der Waals surface area contributed by atoms with E-state index < -0.39 is 12.0 Å². The van der Waals surface area contributed by atoms with E-state index in [2.05, 4.69) is 0 Å². The summed E-state index contributed by atoms with van der Waals surface area (Å²) in [5.41, 5.74) is 4.90. The zero-order chi connectivity index (χ0) is 8.48. The molecule has 1 heterocycles. The Morgan fingerprint density at radius 2 is 2.36 bits per heavy atom. The number of hydrogen-bond donors (Lipinski definition) is 1. The van der Waals surface area contributed by atoms with Gasteiger partial charge in [0.25, 0.3) is 0 Å². The van der Waals surface area contributed by atoms with Crippen molar-refractivity contribution in [2.75, 3.05) is 6.61 Å². The van der Waals surface area contributed by atoms with E-state index in [9.17, 15) is 8.78 Å². The summed E-state index contributed by atoms with van der Waals surface area (Å²) in [5.74, 6) is 0. The van der Waals surface area contributed by atoms with Gasteiger partial charge in [0, 0.05) is 18.6 Å². The summed E-state index contributed by atoms with van der Waals surface area (Å²) >= 11 is 0. The molecule has 1 aliphatic heterocycles. The van der Waals surface area contributed by atoms with Gasteiger partial charge in [-0.05, 0) is 13.3 Å². The first-order chi connectivity index (χ1) is 5.04. The number of alkyl halides is 2. The van der Waals surface area contributed by atoms with Crippen LogP contribution in [0.4, 0.5) is 8.78 Å². The third-order valence-electron chi connectivity index (χ3n) is 2.28. The molecule has 1 saturated heterocycles. The maximum absolute atomic E-state index is 12.0. The Balaban J connectivity index is 2.51. The Hall–Kier alpha value is -0.220. The topological polar surface area (TPSA) is 35.2 Å². The van der Waals surface area contributed by atoms with Crippen molar-refractivity contribution in [1.82, 2.24) is 0 Å². The Labute approximate surface area is 64.7 Å². The van der Waals surface area contributed by atoms with Crippen molar-refractivity contribution in [1.29, 1.82) is 0 Å². The Morgan fingerprint density at radius 1 is 1.73 bits per heavy atom. The van der Waals surface area contributed by atoms with Crippen LogP contribution in [0.15, 0.2) is 0 Å². The van der Waals surface area contributed by atoms with Crippen LogP contribution in [-0.2, 0) is 4.74 Å². The molecule has 4 heteroatoms. The highest BCUT2D eigenvalue weighted by Gasteiger charge is 2.39. The third-order valence-corrected chi connectivity index (χ3v) is 2.28. The molecule has 2 N–H and O–H groups in total. The molecule has 2 nitrogen and oxygen atoms in total. The number of hydrogen-bond acceptors (Lipinski definition) is 2. The molecular formula is C7H13F2NO. The van der Waals surface area contributed by atoms with Crippen LogP contribution in [0.25, 0.3) is 0 Å². The van der Waals surface area contributed by atoms with Crippen molar-refractivity contribution in [3.63, 3.8) is 0 Å². The summed E-state index contributed by atoms with van der Waals surface area (Å²) in [5, 5.41) is 0. The average molecular weight is 165 g/mol. The van der Waals surface area contributed by atoms with Crippen LogP contribution in [0.1, 0.15) is 19.8 Å². The molecule has 1 rings (SSSR count). The van der Waals surface area contributed by atoms with Gasteiger partial charge in [-0.25, -0.2) is 8.78 Å². The van der Waals surface area contributed by atoms with Gasteiger partial charge in [0.2, 0.25) is 6.43 Å². The van der Waals surface area contributed by atoms with Crippen molar-refractivity contribution < 1.29 is 13.5 Å². The number of halogens is 2. The van der Waals surface area contributed by atoms with Gasteiger partial charge >= 0.3 is 0 Å². The molecule has 0 aliphatic carbocycles. The second-order valence-electron chi connectivity index (χ2n) is 3.09. The SMILES string of the molecule is CC1OCCC1(N)CC(F)F. The van der Waals surface area contributed by atoms with Crippen LogP contribution in [0.2, 0.25) is 0 Å². The summed E-state index contributed by atoms with van der Waals surface area (Å²) < 4.78 is 29.1. The fourth-order valence-electron chi connectivity index (χ4n) is 1.35. The van der Waals surface area contributed by atoms with Crippen molar-refractivity contribution in [3.05, 3.63) is 0 Å². The molecule has 11 heavy (non-hydrogen) atoms. The zero-order valence-corrected chi connectivity index (χ0v) is 6.52. The van der Waals surface area contributed by atoms with E-state index in [1.165, 1.54) is 0 Å². The van der Waals surface area contributed by atoms with Gasteiger partial charge in [-0.3, -0.25) is 0 Å². The Kier molecular flexibility index (Phi) is 2.44. The van der Waals surface area contributed by atoms with Crippen molar-refractivity contribution >= 4 is 0 Å². The fraction of sp³-hybridized carbons (Fsp3) is 1.00. The molecule has 0 amide bonds. The normalized spacial score (nSPS) is 38.5. The fourth-order valence-corrected chi connectivity index (χ4v) is 1.35. The first kappa shape index (κ1) is 8.87. The first-order valence-corrected chi connectivity index (χ1v) is 3.73. The Morgan fingerprint density at radius 3 is 2.73 bits per heavy atom.